The standard InChI is InChI=1S/C23H25N3O2/c1-16(11-17-5-4-10-24-13-17)26-22(27)19-8-6-18(7-9-19)20-12-21(15-25-14-20)23(2,3)28/h4-10,12-16,28H,11H2,1-3H3,(H,26,27)/t16-/m0/s1. The summed E-state index contributed by atoms with van der Waals surface area (Å²) in [5.74, 6) is -0.105. The van der Waals surface area contributed by atoms with Crippen molar-refractivity contribution in [2.75, 3.05) is 0 Å². The molecule has 144 valence electrons. The van der Waals surface area contributed by atoms with Crippen LogP contribution in [0.1, 0.15) is 42.3 Å². The topological polar surface area (TPSA) is 75.1 Å². The quantitative estimate of drug-likeness (QED) is 0.688. The minimum absolute atomic E-state index is 0.00374. The summed E-state index contributed by atoms with van der Waals surface area (Å²) >= 11 is 0. The zero-order valence-corrected chi connectivity index (χ0v) is 16.4. The maximum atomic E-state index is 12.5. The lowest BCUT2D eigenvalue weighted by atomic mass is 9.96. The van der Waals surface area contributed by atoms with Crippen molar-refractivity contribution >= 4 is 5.91 Å². The van der Waals surface area contributed by atoms with Crippen LogP contribution in [-0.2, 0) is 12.0 Å². The number of aromatic nitrogens is 2. The fourth-order valence-electron chi connectivity index (χ4n) is 2.98. The van der Waals surface area contributed by atoms with Crippen molar-refractivity contribution in [2.24, 2.45) is 0 Å². The molecule has 0 saturated heterocycles. The minimum atomic E-state index is -0.951. The van der Waals surface area contributed by atoms with Crippen LogP contribution in [0.3, 0.4) is 0 Å². The van der Waals surface area contributed by atoms with Gasteiger partial charge in [0.25, 0.3) is 5.91 Å². The number of carbonyl (C=O) groups excluding carboxylic acids is 1. The first-order chi connectivity index (χ1) is 13.3. The van der Waals surface area contributed by atoms with Gasteiger partial charge in [-0.2, -0.15) is 0 Å². The molecule has 0 bridgehead atoms. The van der Waals surface area contributed by atoms with Crippen molar-refractivity contribution in [1.29, 1.82) is 0 Å². The molecule has 0 aliphatic heterocycles. The molecular formula is C23H25N3O2. The highest BCUT2D eigenvalue weighted by Gasteiger charge is 2.17. The third-order valence-electron chi connectivity index (χ3n) is 4.57. The SMILES string of the molecule is C[C@@H](Cc1cccnc1)NC(=O)c1ccc(-c2cncc(C(C)(C)O)c2)cc1. The highest BCUT2D eigenvalue weighted by molar-refractivity contribution is 5.94. The Morgan fingerprint density at radius 1 is 1.07 bits per heavy atom. The molecule has 0 fully saturated rings. The second-order valence-electron chi connectivity index (χ2n) is 7.54. The van der Waals surface area contributed by atoms with E-state index in [0.717, 1.165) is 28.7 Å². The van der Waals surface area contributed by atoms with Crippen molar-refractivity contribution in [3.05, 3.63) is 83.9 Å². The third kappa shape index (κ3) is 5.02. The van der Waals surface area contributed by atoms with Crippen LogP contribution in [0, 0.1) is 0 Å². The molecule has 3 aromatic rings. The number of carbonyl (C=O) groups is 1. The average Bonchev–Trinajstić information content (AvgIpc) is 2.68. The molecule has 2 N–H and O–H groups in total. The molecule has 2 heterocycles. The Labute approximate surface area is 165 Å². The van der Waals surface area contributed by atoms with E-state index in [-0.39, 0.29) is 11.9 Å². The van der Waals surface area contributed by atoms with Gasteiger partial charge in [0, 0.05) is 47.5 Å². The Kier molecular flexibility index (Phi) is 5.85. The summed E-state index contributed by atoms with van der Waals surface area (Å²) in [4.78, 5) is 20.8. The molecule has 1 atom stereocenters. The van der Waals surface area contributed by atoms with Crippen LogP contribution >= 0.6 is 0 Å². The predicted molar refractivity (Wildman–Crippen MR) is 110 cm³/mol. The van der Waals surface area contributed by atoms with E-state index in [1.54, 1.807) is 44.6 Å². The Hall–Kier alpha value is -3.05. The van der Waals surface area contributed by atoms with E-state index in [1.807, 2.05) is 43.5 Å². The van der Waals surface area contributed by atoms with Gasteiger partial charge in [0.15, 0.2) is 0 Å². The van der Waals surface area contributed by atoms with E-state index >= 15 is 0 Å². The number of rotatable bonds is 6. The number of nitrogens with zero attached hydrogens (tertiary/aromatic N) is 2. The van der Waals surface area contributed by atoms with Gasteiger partial charge in [0.2, 0.25) is 0 Å². The molecule has 0 saturated carbocycles. The van der Waals surface area contributed by atoms with Gasteiger partial charge >= 0.3 is 0 Å². The lowest BCUT2D eigenvalue weighted by molar-refractivity contribution is 0.0782. The van der Waals surface area contributed by atoms with E-state index < -0.39 is 5.60 Å². The minimum Gasteiger partial charge on any atom is -0.386 e. The fraction of sp³-hybridized carbons (Fsp3) is 0.261. The Morgan fingerprint density at radius 2 is 1.82 bits per heavy atom. The smallest absolute Gasteiger partial charge is 0.251 e. The molecule has 0 aliphatic rings. The number of nitrogens with one attached hydrogen (secondary N) is 1. The van der Waals surface area contributed by atoms with Gasteiger partial charge in [0.05, 0.1) is 5.60 Å². The second kappa shape index (κ2) is 8.31. The summed E-state index contributed by atoms with van der Waals surface area (Å²) < 4.78 is 0. The van der Waals surface area contributed by atoms with Crippen molar-refractivity contribution in [3.8, 4) is 11.1 Å². The van der Waals surface area contributed by atoms with Crippen LogP contribution in [0.25, 0.3) is 11.1 Å². The number of aliphatic hydroxyl groups is 1. The molecule has 1 amide bonds. The zero-order valence-electron chi connectivity index (χ0n) is 16.4. The Morgan fingerprint density at radius 3 is 2.46 bits per heavy atom. The van der Waals surface area contributed by atoms with Crippen LogP contribution in [0.2, 0.25) is 0 Å². The van der Waals surface area contributed by atoms with E-state index in [9.17, 15) is 9.90 Å². The molecule has 0 unspecified atom stereocenters. The maximum absolute atomic E-state index is 12.5. The molecule has 5 nitrogen and oxygen atoms in total. The van der Waals surface area contributed by atoms with Gasteiger partial charge < -0.3 is 10.4 Å². The number of hydrogen-bond donors (Lipinski definition) is 2. The van der Waals surface area contributed by atoms with Crippen LogP contribution in [0.4, 0.5) is 0 Å². The summed E-state index contributed by atoms with van der Waals surface area (Å²) in [5, 5.41) is 13.2. The van der Waals surface area contributed by atoms with E-state index in [0.29, 0.717) is 5.56 Å². The van der Waals surface area contributed by atoms with Gasteiger partial charge in [-0.3, -0.25) is 14.8 Å². The number of benzene rings is 1. The lowest BCUT2D eigenvalue weighted by Gasteiger charge is -2.18. The van der Waals surface area contributed by atoms with Gasteiger partial charge in [-0.1, -0.05) is 18.2 Å². The van der Waals surface area contributed by atoms with Crippen LogP contribution in [0.5, 0.6) is 0 Å². The van der Waals surface area contributed by atoms with Gasteiger partial charge in [-0.25, -0.2) is 0 Å². The summed E-state index contributed by atoms with van der Waals surface area (Å²) in [6.45, 7) is 5.44. The molecule has 0 aliphatic carbocycles. The van der Waals surface area contributed by atoms with Crippen molar-refractivity contribution in [2.45, 2.75) is 38.8 Å². The first-order valence-corrected chi connectivity index (χ1v) is 9.31. The maximum Gasteiger partial charge on any atom is 0.251 e. The number of hydrogen-bond acceptors (Lipinski definition) is 4. The number of pyridine rings is 2. The van der Waals surface area contributed by atoms with Crippen molar-refractivity contribution in [3.63, 3.8) is 0 Å². The fourth-order valence-corrected chi connectivity index (χ4v) is 2.98. The predicted octanol–water partition coefficient (Wildman–Crippen LogP) is 3.73. The van der Waals surface area contributed by atoms with Crippen molar-refractivity contribution < 1.29 is 9.90 Å². The molecule has 0 spiro atoms. The molecule has 1 aromatic carbocycles. The second-order valence-corrected chi connectivity index (χ2v) is 7.54. The normalized spacial score (nSPS) is 12.4. The first-order valence-electron chi connectivity index (χ1n) is 9.31. The number of amides is 1. The molecule has 28 heavy (non-hydrogen) atoms. The molecule has 2 aromatic heterocycles. The summed E-state index contributed by atoms with van der Waals surface area (Å²) in [5.41, 5.74) is 3.33. The lowest BCUT2D eigenvalue weighted by Crippen LogP contribution is -2.34. The highest BCUT2D eigenvalue weighted by Crippen LogP contribution is 2.25. The van der Waals surface area contributed by atoms with Gasteiger partial charge in [-0.15, -0.1) is 0 Å². The zero-order chi connectivity index (χ0) is 20.1. The van der Waals surface area contributed by atoms with E-state index in [4.69, 9.17) is 0 Å². The summed E-state index contributed by atoms with van der Waals surface area (Å²) in [7, 11) is 0. The Balaban J connectivity index is 1.68. The van der Waals surface area contributed by atoms with Gasteiger partial charge in [-0.05, 0) is 62.6 Å². The Bertz CT molecular complexity index is 932. The van der Waals surface area contributed by atoms with Gasteiger partial charge in [0.1, 0.15) is 0 Å². The third-order valence-corrected chi connectivity index (χ3v) is 4.57. The highest BCUT2D eigenvalue weighted by atomic mass is 16.3. The molecule has 0 radical (unpaired) electrons. The largest absolute Gasteiger partial charge is 0.386 e. The average molecular weight is 375 g/mol. The first kappa shape index (κ1) is 19.7. The van der Waals surface area contributed by atoms with Crippen LogP contribution < -0.4 is 5.32 Å². The summed E-state index contributed by atoms with van der Waals surface area (Å²) in [6, 6.07) is 13.2. The molecular weight excluding hydrogens is 350 g/mol. The molecule has 5 heteroatoms. The van der Waals surface area contributed by atoms with Crippen molar-refractivity contribution in [1.82, 2.24) is 15.3 Å². The summed E-state index contributed by atoms with van der Waals surface area (Å²) in [6.07, 6.45) is 7.69. The van der Waals surface area contributed by atoms with E-state index in [1.165, 1.54) is 0 Å². The van der Waals surface area contributed by atoms with Crippen LogP contribution in [-0.4, -0.2) is 27.0 Å². The monoisotopic (exact) mass is 375 g/mol. The molecule has 3 rings (SSSR count). The van der Waals surface area contributed by atoms with E-state index in [2.05, 4.69) is 15.3 Å². The van der Waals surface area contributed by atoms with Crippen LogP contribution in [0.15, 0.2) is 67.3 Å².